The van der Waals surface area contributed by atoms with E-state index in [9.17, 15) is 19.6 Å². The molecular formula is C23H22N2O4. The van der Waals surface area contributed by atoms with E-state index in [2.05, 4.69) is 11.4 Å². The molecule has 1 aliphatic carbocycles. The second kappa shape index (κ2) is 8.70. The number of nitrogens with one attached hydrogen (secondary N) is 1. The zero-order valence-electron chi connectivity index (χ0n) is 16.2. The van der Waals surface area contributed by atoms with Crippen molar-refractivity contribution in [2.75, 3.05) is 6.61 Å². The molecule has 0 aliphatic heterocycles. The third-order valence-electron chi connectivity index (χ3n) is 5.09. The molecular weight excluding hydrogens is 368 g/mol. The van der Waals surface area contributed by atoms with E-state index >= 15 is 0 Å². The first-order valence-corrected chi connectivity index (χ1v) is 9.54. The summed E-state index contributed by atoms with van der Waals surface area (Å²) in [5, 5.41) is 12.0. The van der Waals surface area contributed by atoms with Crippen LogP contribution in [0.15, 0.2) is 48.5 Å². The predicted octanol–water partition coefficient (Wildman–Crippen LogP) is 3.34. The SMILES string of the molecule is Cc1ccc(C(=O)c2ccccc2C(=O)OCC(=O)NC2(C#N)CCCC2)cc1. The van der Waals surface area contributed by atoms with E-state index in [0.717, 1.165) is 18.4 Å². The van der Waals surface area contributed by atoms with Gasteiger partial charge < -0.3 is 10.1 Å². The van der Waals surface area contributed by atoms with Gasteiger partial charge in [0.2, 0.25) is 0 Å². The fraction of sp³-hybridized carbons (Fsp3) is 0.304. The molecule has 0 unspecified atom stereocenters. The Morgan fingerprint density at radius 2 is 1.66 bits per heavy atom. The van der Waals surface area contributed by atoms with Crippen LogP contribution in [0.5, 0.6) is 0 Å². The van der Waals surface area contributed by atoms with Crippen LogP contribution in [0.2, 0.25) is 0 Å². The van der Waals surface area contributed by atoms with E-state index in [-0.39, 0.29) is 16.9 Å². The Labute approximate surface area is 169 Å². The van der Waals surface area contributed by atoms with Gasteiger partial charge in [0.25, 0.3) is 5.91 Å². The van der Waals surface area contributed by atoms with Crippen LogP contribution >= 0.6 is 0 Å². The van der Waals surface area contributed by atoms with E-state index in [4.69, 9.17) is 4.74 Å². The Morgan fingerprint density at radius 1 is 1.03 bits per heavy atom. The lowest BCUT2D eigenvalue weighted by Gasteiger charge is -2.21. The number of ketones is 1. The van der Waals surface area contributed by atoms with Gasteiger partial charge in [-0.3, -0.25) is 9.59 Å². The number of carbonyl (C=O) groups is 3. The Hall–Kier alpha value is -3.46. The lowest BCUT2D eigenvalue weighted by Crippen LogP contribution is -2.46. The monoisotopic (exact) mass is 390 g/mol. The van der Waals surface area contributed by atoms with Crippen LogP contribution in [-0.2, 0) is 9.53 Å². The van der Waals surface area contributed by atoms with Crippen molar-refractivity contribution in [2.45, 2.75) is 38.1 Å². The second-order valence-corrected chi connectivity index (χ2v) is 7.27. The summed E-state index contributed by atoms with van der Waals surface area (Å²) in [6.07, 6.45) is 2.94. The van der Waals surface area contributed by atoms with Gasteiger partial charge in [-0.2, -0.15) is 5.26 Å². The van der Waals surface area contributed by atoms with Crippen molar-refractivity contribution in [2.24, 2.45) is 0 Å². The molecule has 2 aromatic rings. The molecule has 0 radical (unpaired) electrons. The van der Waals surface area contributed by atoms with Gasteiger partial charge in [0.15, 0.2) is 12.4 Å². The molecule has 1 amide bonds. The van der Waals surface area contributed by atoms with Gasteiger partial charge in [-0.1, -0.05) is 48.0 Å². The minimum Gasteiger partial charge on any atom is -0.452 e. The molecule has 3 rings (SSSR count). The molecule has 6 nitrogen and oxygen atoms in total. The van der Waals surface area contributed by atoms with Crippen LogP contribution < -0.4 is 5.32 Å². The van der Waals surface area contributed by atoms with Crippen LogP contribution in [-0.4, -0.2) is 29.8 Å². The molecule has 1 saturated carbocycles. The molecule has 148 valence electrons. The van der Waals surface area contributed by atoms with Crippen molar-refractivity contribution in [3.63, 3.8) is 0 Å². The first-order chi connectivity index (χ1) is 13.9. The summed E-state index contributed by atoms with van der Waals surface area (Å²) in [5.74, 6) is -1.57. The van der Waals surface area contributed by atoms with Gasteiger partial charge in [-0.05, 0) is 38.7 Å². The van der Waals surface area contributed by atoms with E-state index in [1.807, 2.05) is 19.1 Å². The molecule has 0 saturated heterocycles. The maximum absolute atomic E-state index is 12.8. The number of nitrogens with zero attached hydrogens (tertiary/aromatic N) is 1. The van der Waals surface area contributed by atoms with Crippen LogP contribution in [0, 0.1) is 18.3 Å². The van der Waals surface area contributed by atoms with E-state index in [0.29, 0.717) is 18.4 Å². The van der Waals surface area contributed by atoms with Gasteiger partial charge in [0.05, 0.1) is 11.6 Å². The molecule has 1 N–H and O–H groups in total. The fourth-order valence-electron chi connectivity index (χ4n) is 3.47. The summed E-state index contributed by atoms with van der Waals surface area (Å²) in [7, 11) is 0. The van der Waals surface area contributed by atoms with Crippen LogP contribution in [0.1, 0.15) is 57.5 Å². The largest absolute Gasteiger partial charge is 0.452 e. The average Bonchev–Trinajstić information content (AvgIpc) is 3.21. The quantitative estimate of drug-likeness (QED) is 0.603. The molecule has 1 aliphatic rings. The van der Waals surface area contributed by atoms with E-state index in [1.165, 1.54) is 6.07 Å². The number of benzene rings is 2. The Bertz CT molecular complexity index is 967. The maximum atomic E-state index is 12.8. The highest BCUT2D eigenvalue weighted by atomic mass is 16.5. The van der Waals surface area contributed by atoms with E-state index < -0.39 is 24.0 Å². The zero-order valence-corrected chi connectivity index (χ0v) is 16.2. The fourth-order valence-corrected chi connectivity index (χ4v) is 3.47. The average molecular weight is 390 g/mol. The van der Waals surface area contributed by atoms with Crippen molar-refractivity contribution in [3.8, 4) is 6.07 Å². The van der Waals surface area contributed by atoms with Gasteiger partial charge >= 0.3 is 5.97 Å². The Balaban J connectivity index is 1.68. The third kappa shape index (κ3) is 4.69. The molecule has 6 heteroatoms. The smallest absolute Gasteiger partial charge is 0.339 e. The zero-order chi connectivity index (χ0) is 20.9. The lowest BCUT2D eigenvalue weighted by atomic mass is 9.98. The van der Waals surface area contributed by atoms with Crippen molar-refractivity contribution in [1.29, 1.82) is 5.26 Å². The van der Waals surface area contributed by atoms with Crippen molar-refractivity contribution in [1.82, 2.24) is 5.32 Å². The molecule has 0 aromatic heterocycles. The molecule has 0 atom stereocenters. The normalized spacial score (nSPS) is 14.6. The summed E-state index contributed by atoms with van der Waals surface area (Å²) < 4.78 is 5.12. The number of hydrogen-bond donors (Lipinski definition) is 1. The Kier molecular flexibility index (Phi) is 6.08. The summed E-state index contributed by atoms with van der Waals surface area (Å²) in [6.45, 7) is 1.42. The molecule has 2 aromatic carbocycles. The molecule has 1 fully saturated rings. The highest BCUT2D eigenvalue weighted by molar-refractivity contribution is 6.14. The summed E-state index contributed by atoms with van der Waals surface area (Å²) in [4.78, 5) is 37.5. The molecule has 29 heavy (non-hydrogen) atoms. The number of hydrogen-bond acceptors (Lipinski definition) is 5. The molecule has 0 heterocycles. The summed E-state index contributed by atoms with van der Waals surface area (Å²) in [6, 6.07) is 15.6. The standard InChI is InChI=1S/C23H22N2O4/c1-16-8-10-17(11-9-16)21(27)18-6-2-3-7-19(18)22(28)29-14-20(26)25-23(15-24)12-4-5-13-23/h2-3,6-11H,4-5,12-14H2,1H3,(H,25,26). The predicted molar refractivity (Wildman–Crippen MR) is 106 cm³/mol. The lowest BCUT2D eigenvalue weighted by molar-refractivity contribution is -0.125. The van der Waals surface area contributed by atoms with Gasteiger partial charge in [0.1, 0.15) is 5.54 Å². The number of aryl methyl sites for hydroxylation is 1. The van der Waals surface area contributed by atoms with Gasteiger partial charge in [-0.25, -0.2) is 4.79 Å². The first kappa shape index (κ1) is 20.3. The van der Waals surface area contributed by atoms with Crippen molar-refractivity contribution < 1.29 is 19.1 Å². The van der Waals surface area contributed by atoms with Crippen LogP contribution in [0.25, 0.3) is 0 Å². The van der Waals surface area contributed by atoms with Crippen molar-refractivity contribution >= 4 is 17.7 Å². The molecule has 0 bridgehead atoms. The van der Waals surface area contributed by atoms with Crippen LogP contribution in [0.3, 0.4) is 0 Å². The minimum atomic E-state index is -0.872. The Morgan fingerprint density at radius 3 is 2.28 bits per heavy atom. The summed E-state index contributed by atoms with van der Waals surface area (Å²) >= 11 is 0. The third-order valence-corrected chi connectivity index (χ3v) is 5.09. The number of ether oxygens (including phenoxy) is 1. The summed E-state index contributed by atoms with van der Waals surface area (Å²) in [5.41, 5.74) is 0.930. The number of carbonyl (C=O) groups excluding carboxylic acids is 3. The van der Waals surface area contributed by atoms with Gasteiger partial charge in [0, 0.05) is 11.1 Å². The number of rotatable bonds is 6. The topological polar surface area (TPSA) is 96.3 Å². The number of nitriles is 1. The molecule has 0 spiro atoms. The highest BCUT2D eigenvalue weighted by Crippen LogP contribution is 2.28. The van der Waals surface area contributed by atoms with E-state index in [1.54, 1.807) is 30.3 Å². The van der Waals surface area contributed by atoms with Gasteiger partial charge in [-0.15, -0.1) is 0 Å². The van der Waals surface area contributed by atoms with Crippen LogP contribution in [0.4, 0.5) is 0 Å². The second-order valence-electron chi connectivity index (χ2n) is 7.27. The maximum Gasteiger partial charge on any atom is 0.339 e. The highest BCUT2D eigenvalue weighted by Gasteiger charge is 2.35. The number of amides is 1. The minimum absolute atomic E-state index is 0.0988. The number of esters is 1. The first-order valence-electron chi connectivity index (χ1n) is 9.54. The van der Waals surface area contributed by atoms with Crippen molar-refractivity contribution in [3.05, 3.63) is 70.8 Å².